The van der Waals surface area contributed by atoms with Crippen molar-refractivity contribution in [2.75, 3.05) is 13.7 Å². The zero-order chi connectivity index (χ0) is 20.7. The fourth-order valence-electron chi connectivity index (χ4n) is 3.34. The van der Waals surface area contributed by atoms with E-state index in [2.05, 4.69) is 15.4 Å². The van der Waals surface area contributed by atoms with E-state index in [-0.39, 0.29) is 23.8 Å². The number of methoxy groups -OCH3 is 1. The maximum absolute atomic E-state index is 12.5. The first-order valence-corrected chi connectivity index (χ1v) is 11.0. The lowest BCUT2D eigenvalue weighted by molar-refractivity contribution is -0.127. The Hall–Kier alpha value is -1.97. The van der Waals surface area contributed by atoms with E-state index >= 15 is 0 Å². The quantitative estimate of drug-likeness (QED) is 0.550. The summed E-state index contributed by atoms with van der Waals surface area (Å²) in [6.45, 7) is 4.36. The van der Waals surface area contributed by atoms with Crippen LogP contribution in [-0.4, -0.2) is 46.0 Å². The molecule has 2 rings (SSSR count). The van der Waals surface area contributed by atoms with Crippen LogP contribution in [0.5, 0.6) is 0 Å². The first-order chi connectivity index (χ1) is 13.2. The predicted molar refractivity (Wildman–Crippen MR) is 106 cm³/mol. The lowest BCUT2D eigenvalue weighted by Crippen LogP contribution is -2.47. The molecule has 1 aliphatic heterocycles. The van der Waals surface area contributed by atoms with Gasteiger partial charge in [0.2, 0.25) is 21.8 Å². The predicted octanol–water partition coefficient (Wildman–Crippen LogP) is 0.672. The van der Waals surface area contributed by atoms with Crippen LogP contribution in [0.25, 0.3) is 0 Å². The maximum Gasteiger partial charge on any atom is 0.239 e. The van der Waals surface area contributed by atoms with Crippen molar-refractivity contribution in [2.45, 2.75) is 51.1 Å². The summed E-state index contributed by atoms with van der Waals surface area (Å²) >= 11 is 0. The number of carbonyl (C=O) groups excluding carboxylic acids is 2. The van der Waals surface area contributed by atoms with Gasteiger partial charge in [-0.25, -0.2) is 8.42 Å². The van der Waals surface area contributed by atoms with Crippen molar-refractivity contribution in [3.05, 3.63) is 35.4 Å². The van der Waals surface area contributed by atoms with Crippen LogP contribution in [0.4, 0.5) is 0 Å². The van der Waals surface area contributed by atoms with Gasteiger partial charge in [-0.2, -0.15) is 0 Å². The average Bonchev–Trinajstić information content (AvgIpc) is 3.15. The van der Waals surface area contributed by atoms with Gasteiger partial charge < -0.3 is 15.4 Å². The Morgan fingerprint density at radius 3 is 2.43 bits per heavy atom. The molecule has 1 heterocycles. The first-order valence-electron chi connectivity index (χ1n) is 9.34. The summed E-state index contributed by atoms with van der Waals surface area (Å²) in [6.07, 6.45) is 1.52. The van der Waals surface area contributed by atoms with Gasteiger partial charge in [0, 0.05) is 26.6 Å². The van der Waals surface area contributed by atoms with E-state index in [4.69, 9.17) is 4.74 Å². The Morgan fingerprint density at radius 2 is 1.89 bits per heavy atom. The number of sulfonamides is 1. The van der Waals surface area contributed by atoms with Crippen LogP contribution in [0.1, 0.15) is 37.8 Å². The van der Waals surface area contributed by atoms with E-state index in [9.17, 15) is 18.0 Å². The van der Waals surface area contributed by atoms with Gasteiger partial charge in [-0.3, -0.25) is 14.3 Å². The number of carbonyl (C=O) groups is 2. The molecular weight excluding hydrogens is 382 g/mol. The molecule has 0 unspecified atom stereocenters. The topological polar surface area (TPSA) is 114 Å². The van der Waals surface area contributed by atoms with Gasteiger partial charge in [-0.15, -0.1) is 0 Å². The van der Waals surface area contributed by atoms with Gasteiger partial charge in [0.1, 0.15) is 0 Å². The van der Waals surface area contributed by atoms with E-state index in [1.54, 1.807) is 31.2 Å². The molecule has 0 aromatic heterocycles. The molecular formula is C19H29N3O5S. The molecule has 3 N–H and O–H groups in total. The van der Waals surface area contributed by atoms with Crippen molar-refractivity contribution in [2.24, 2.45) is 5.92 Å². The SMILES string of the molecule is CO[C@@H]([C@@H]1CCCN1)[C@@H](C)C(=O)NS(=O)(=O)Cc1ccc(CNC(C)=O)cc1. The molecule has 1 fully saturated rings. The maximum atomic E-state index is 12.5. The largest absolute Gasteiger partial charge is 0.379 e. The van der Waals surface area contributed by atoms with Gasteiger partial charge in [-0.05, 0) is 30.5 Å². The minimum atomic E-state index is -3.83. The second-order valence-corrected chi connectivity index (χ2v) is 8.87. The Balaban J connectivity index is 1.94. The van der Waals surface area contributed by atoms with Crippen LogP contribution in [0.3, 0.4) is 0 Å². The molecule has 0 saturated carbocycles. The van der Waals surface area contributed by atoms with Crippen molar-refractivity contribution in [1.29, 1.82) is 0 Å². The monoisotopic (exact) mass is 411 g/mol. The smallest absolute Gasteiger partial charge is 0.239 e. The molecule has 8 nitrogen and oxygen atoms in total. The molecule has 0 aliphatic carbocycles. The van der Waals surface area contributed by atoms with Gasteiger partial charge in [-0.1, -0.05) is 31.2 Å². The fourth-order valence-corrected chi connectivity index (χ4v) is 4.54. The third kappa shape index (κ3) is 6.57. The van der Waals surface area contributed by atoms with Crippen molar-refractivity contribution in [3.63, 3.8) is 0 Å². The highest BCUT2D eigenvalue weighted by molar-refractivity contribution is 7.89. The normalized spacial score (nSPS) is 19.0. The van der Waals surface area contributed by atoms with Crippen LogP contribution in [0.2, 0.25) is 0 Å². The molecule has 0 spiro atoms. The van der Waals surface area contributed by atoms with Gasteiger partial charge >= 0.3 is 0 Å². The van der Waals surface area contributed by atoms with E-state index in [1.165, 1.54) is 14.0 Å². The van der Waals surface area contributed by atoms with Crippen molar-refractivity contribution in [3.8, 4) is 0 Å². The Morgan fingerprint density at radius 1 is 1.25 bits per heavy atom. The number of rotatable bonds is 9. The lowest BCUT2D eigenvalue weighted by Gasteiger charge is -2.27. The highest BCUT2D eigenvalue weighted by atomic mass is 32.2. The third-order valence-corrected chi connectivity index (χ3v) is 6.08. The summed E-state index contributed by atoms with van der Waals surface area (Å²) in [5.41, 5.74) is 1.42. The van der Waals surface area contributed by atoms with E-state index in [1.807, 2.05) is 0 Å². The third-order valence-electron chi connectivity index (χ3n) is 4.85. The number of amides is 2. The molecule has 2 amide bonds. The number of nitrogens with one attached hydrogen (secondary N) is 3. The van der Waals surface area contributed by atoms with E-state index in [0.29, 0.717) is 12.1 Å². The van der Waals surface area contributed by atoms with E-state index < -0.39 is 21.8 Å². The van der Waals surface area contributed by atoms with Gasteiger partial charge in [0.05, 0.1) is 17.8 Å². The second-order valence-electron chi connectivity index (χ2n) is 7.14. The Bertz CT molecular complexity index is 773. The number of hydrogen-bond donors (Lipinski definition) is 3. The Labute approximate surface area is 166 Å². The molecule has 3 atom stereocenters. The van der Waals surface area contributed by atoms with Crippen molar-refractivity contribution in [1.82, 2.24) is 15.4 Å². The van der Waals surface area contributed by atoms with Crippen molar-refractivity contribution >= 4 is 21.8 Å². The van der Waals surface area contributed by atoms with Crippen LogP contribution in [-0.2, 0) is 36.6 Å². The summed E-state index contributed by atoms with van der Waals surface area (Å²) in [5, 5.41) is 5.96. The minimum Gasteiger partial charge on any atom is -0.379 e. The summed E-state index contributed by atoms with van der Waals surface area (Å²) < 4.78 is 32.4. The molecule has 1 saturated heterocycles. The van der Waals surface area contributed by atoms with Crippen LogP contribution < -0.4 is 15.4 Å². The Kier molecular flexibility index (Phi) is 7.97. The molecule has 156 valence electrons. The minimum absolute atomic E-state index is 0.0459. The van der Waals surface area contributed by atoms with Gasteiger partial charge in [0.25, 0.3) is 0 Å². The second kappa shape index (κ2) is 9.99. The summed E-state index contributed by atoms with van der Waals surface area (Å²) in [4.78, 5) is 23.4. The summed E-state index contributed by atoms with van der Waals surface area (Å²) in [6, 6.07) is 6.88. The van der Waals surface area contributed by atoms with Crippen LogP contribution >= 0.6 is 0 Å². The fraction of sp³-hybridized carbons (Fsp3) is 0.579. The summed E-state index contributed by atoms with van der Waals surface area (Å²) in [5.74, 6) is -1.60. The van der Waals surface area contributed by atoms with Crippen molar-refractivity contribution < 1.29 is 22.7 Å². The first kappa shape index (κ1) is 22.3. The lowest BCUT2D eigenvalue weighted by atomic mass is 9.96. The molecule has 0 bridgehead atoms. The average molecular weight is 412 g/mol. The highest BCUT2D eigenvalue weighted by Crippen LogP contribution is 2.19. The zero-order valence-electron chi connectivity index (χ0n) is 16.5. The number of benzene rings is 1. The molecule has 1 aromatic carbocycles. The number of ether oxygens (including phenoxy) is 1. The molecule has 9 heteroatoms. The zero-order valence-corrected chi connectivity index (χ0v) is 17.3. The standard InChI is InChI=1S/C19H29N3O5S/c1-13(18(27-3)17-5-4-10-20-17)19(24)22-28(25,26)12-16-8-6-15(7-9-16)11-21-14(2)23/h6-9,13,17-18,20H,4-5,10-12H2,1-3H3,(H,21,23)(H,22,24)/t13-,17+,18-/m1/s1. The molecule has 1 aromatic rings. The number of hydrogen-bond acceptors (Lipinski definition) is 6. The van der Waals surface area contributed by atoms with Crippen LogP contribution in [0.15, 0.2) is 24.3 Å². The van der Waals surface area contributed by atoms with E-state index in [0.717, 1.165) is 24.9 Å². The highest BCUT2D eigenvalue weighted by Gasteiger charge is 2.34. The van der Waals surface area contributed by atoms with Gasteiger partial charge in [0.15, 0.2) is 0 Å². The summed E-state index contributed by atoms with van der Waals surface area (Å²) in [7, 11) is -2.29. The molecule has 28 heavy (non-hydrogen) atoms. The molecule has 1 aliphatic rings. The van der Waals surface area contributed by atoms with Crippen LogP contribution in [0, 0.1) is 5.92 Å². The molecule has 0 radical (unpaired) electrons.